The van der Waals surface area contributed by atoms with Gasteiger partial charge in [0.1, 0.15) is 0 Å². The third-order valence-electron chi connectivity index (χ3n) is 4.98. The molecule has 0 radical (unpaired) electrons. The molecule has 1 aliphatic rings. The summed E-state index contributed by atoms with van der Waals surface area (Å²) in [5.74, 6) is -0.000908. The first-order chi connectivity index (χ1) is 14.1. The van der Waals surface area contributed by atoms with E-state index < -0.39 is 0 Å². The van der Waals surface area contributed by atoms with Crippen molar-refractivity contribution in [2.24, 2.45) is 0 Å². The van der Waals surface area contributed by atoms with Gasteiger partial charge >= 0.3 is 0 Å². The molecule has 1 aliphatic heterocycles. The predicted molar refractivity (Wildman–Crippen MR) is 114 cm³/mol. The second-order valence-corrected chi connectivity index (χ2v) is 8.07. The molecule has 0 atom stereocenters. The van der Waals surface area contributed by atoms with E-state index in [4.69, 9.17) is 0 Å². The summed E-state index contributed by atoms with van der Waals surface area (Å²) in [5, 5.41) is 7.52. The number of thiophene rings is 1. The van der Waals surface area contributed by atoms with Crippen LogP contribution < -0.4 is 10.6 Å². The molecule has 2 aromatic rings. The molecule has 2 N–H and O–H groups in total. The Morgan fingerprint density at radius 3 is 2.48 bits per heavy atom. The number of benzene rings is 1. The Morgan fingerprint density at radius 2 is 1.69 bits per heavy atom. The number of hydrogen-bond donors (Lipinski definition) is 2. The zero-order valence-corrected chi connectivity index (χ0v) is 17.3. The van der Waals surface area contributed by atoms with Gasteiger partial charge in [-0.3, -0.25) is 14.4 Å². The van der Waals surface area contributed by atoms with Crippen LogP contribution in [0.4, 0.5) is 0 Å². The minimum absolute atomic E-state index is 0.0466. The van der Waals surface area contributed by atoms with E-state index in [0.29, 0.717) is 50.2 Å². The molecular weight excluding hydrogens is 386 g/mol. The Hall–Kier alpha value is -2.67. The maximum absolute atomic E-state index is 12.4. The topological polar surface area (TPSA) is 78.5 Å². The van der Waals surface area contributed by atoms with Crippen LogP contribution in [-0.4, -0.2) is 42.3 Å². The van der Waals surface area contributed by atoms with Gasteiger partial charge in [0.05, 0.1) is 4.88 Å². The molecule has 0 unspecified atom stereocenters. The molecule has 0 spiro atoms. The molecule has 1 aromatic carbocycles. The molecule has 154 valence electrons. The standard InChI is InChI=1S/C22H27N3O3S/c26-20(9-3-13-24-22(28)19-8-5-15-29-19)23-12-4-10-21(27)25-14-11-17-6-1-2-7-18(17)16-25/h1-2,5-8,15H,3-4,9-14,16H2,(H,23,26)(H,24,28). The van der Waals surface area contributed by atoms with Crippen LogP contribution in [0.3, 0.4) is 0 Å². The van der Waals surface area contributed by atoms with Gasteiger partial charge in [-0.25, -0.2) is 0 Å². The van der Waals surface area contributed by atoms with Crippen LogP contribution in [0.25, 0.3) is 0 Å². The van der Waals surface area contributed by atoms with E-state index in [1.807, 2.05) is 28.5 Å². The molecule has 3 rings (SSSR count). The van der Waals surface area contributed by atoms with Crippen molar-refractivity contribution in [3.63, 3.8) is 0 Å². The van der Waals surface area contributed by atoms with Gasteiger partial charge in [0, 0.05) is 39.0 Å². The molecule has 7 heteroatoms. The normalized spacial score (nSPS) is 12.9. The monoisotopic (exact) mass is 413 g/mol. The number of carbonyl (C=O) groups excluding carboxylic acids is 3. The van der Waals surface area contributed by atoms with Crippen molar-refractivity contribution in [2.45, 2.75) is 38.6 Å². The fourth-order valence-corrected chi connectivity index (χ4v) is 4.01. The molecule has 0 saturated carbocycles. The van der Waals surface area contributed by atoms with Crippen molar-refractivity contribution >= 4 is 29.1 Å². The Morgan fingerprint density at radius 1 is 0.931 bits per heavy atom. The first-order valence-electron chi connectivity index (χ1n) is 10.1. The van der Waals surface area contributed by atoms with Crippen molar-refractivity contribution < 1.29 is 14.4 Å². The van der Waals surface area contributed by atoms with Crippen molar-refractivity contribution in [2.75, 3.05) is 19.6 Å². The van der Waals surface area contributed by atoms with Gasteiger partial charge in [-0.05, 0) is 41.8 Å². The fraction of sp³-hybridized carbons (Fsp3) is 0.409. The Kier molecular flexibility index (Phi) is 7.81. The lowest BCUT2D eigenvalue weighted by Crippen LogP contribution is -2.36. The molecule has 1 aromatic heterocycles. The number of carbonyl (C=O) groups is 3. The minimum atomic E-state index is -0.0979. The third kappa shape index (κ3) is 6.42. The Balaban J connectivity index is 1.24. The van der Waals surface area contributed by atoms with Crippen molar-refractivity contribution in [1.82, 2.24) is 15.5 Å². The maximum atomic E-state index is 12.4. The van der Waals surface area contributed by atoms with E-state index in [9.17, 15) is 14.4 Å². The van der Waals surface area contributed by atoms with E-state index in [1.54, 1.807) is 6.07 Å². The van der Waals surface area contributed by atoms with Gasteiger partial charge in [0.15, 0.2) is 0 Å². The molecule has 29 heavy (non-hydrogen) atoms. The number of nitrogens with one attached hydrogen (secondary N) is 2. The number of nitrogens with zero attached hydrogens (tertiary/aromatic N) is 1. The molecule has 2 heterocycles. The number of fused-ring (bicyclic) bond motifs is 1. The van der Waals surface area contributed by atoms with Crippen molar-refractivity contribution in [3.8, 4) is 0 Å². The first kappa shape index (κ1) is 21.0. The van der Waals surface area contributed by atoms with E-state index >= 15 is 0 Å². The van der Waals surface area contributed by atoms with E-state index in [1.165, 1.54) is 22.5 Å². The van der Waals surface area contributed by atoms with Crippen LogP contribution in [-0.2, 0) is 22.6 Å². The zero-order chi connectivity index (χ0) is 20.5. The first-order valence-corrected chi connectivity index (χ1v) is 10.9. The minimum Gasteiger partial charge on any atom is -0.356 e. The Bertz CT molecular complexity index is 836. The van der Waals surface area contributed by atoms with Crippen LogP contribution in [0.1, 0.15) is 46.5 Å². The smallest absolute Gasteiger partial charge is 0.261 e. The highest BCUT2D eigenvalue weighted by Crippen LogP contribution is 2.19. The highest BCUT2D eigenvalue weighted by atomic mass is 32.1. The van der Waals surface area contributed by atoms with Crippen LogP contribution >= 0.6 is 11.3 Å². The van der Waals surface area contributed by atoms with Crippen LogP contribution in [0.15, 0.2) is 41.8 Å². The van der Waals surface area contributed by atoms with Crippen LogP contribution in [0.5, 0.6) is 0 Å². The highest BCUT2D eigenvalue weighted by molar-refractivity contribution is 7.12. The van der Waals surface area contributed by atoms with Crippen LogP contribution in [0.2, 0.25) is 0 Å². The predicted octanol–water partition coefficient (Wildman–Crippen LogP) is 2.74. The van der Waals surface area contributed by atoms with Crippen LogP contribution in [0, 0.1) is 0 Å². The van der Waals surface area contributed by atoms with E-state index in [2.05, 4.69) is 22.8 Å². The quantitative estimate of drug-likeness (QED) is 0.621. The molecule has 0 fully saturated rings. The second kappa shape index (κ2) is 10.8. The molecule has 6 nitrogen and oxygen atoms in total. The lowest BCUT2D eigenvalue weighted by atomic mass is 9.99. The van der Waals surface area contributed by atoms with Gasteiger partial charge in [0.2, 0.25) is 11.8 Å². The fourth-order valence-electron chi connectivity index (χ4n) is 3.37. The summed E-state index contributed by atoms with van der Waals surface area (Å²) in [7, 11) is 0. The molecule has 3 amide bonds. The molecule has 0 bridgehead atoms. The SMILES string of the molecule is O=C(CCCNC(=O)c1cccs1)NCCCC(=O)N1CCc2ccccc2C1. The summed E-state index contributed by atoms with van der Waals surface area (Å²) in [6.45, 7) is 2.41. The second-order valence-electron chi connectivity index (χ2n) is 7.12. The zero-order valence-electron chi connectivity index (χ0n) is 16.5. The lowest BCUT2D eigenvalue weighted by Gasteiger charge is -2.29. The summed E-state index contributed by atoms with van der Waals surface area (Å²) < 4.78 is 0. The summed E-state index contributed by atoms with van der Waals surface area (Å²) >= 11 is 1.40. The summed E-state index contributed by atoms with van der Waals surface area (Å²) in [5.41, 5.74) is 2.56. The van der Waals surface area contributed by atoms with E-state index in [0.717, 1.165) is 13.0 Å². The van der Waals surface area contributed by atoms with Gasteiger partial charge in [-0.1, -0.05) is 30.3 Å². The largest absolute Gasteiger partial charge is 0.356 e. The number of rotatable bonds is 9. The van der Waals surface area contributed by atoms with Gasteiger partial charge in [-0.15, -0.1) is 11.3 Å². The highest BCUT2D eigenvalue weighted by Gasteiger charge is 2.19. The summed E-state index contributed by atoms with van der Waals surface area (Å²) in [6.07, 6.45) is 2.94. The average Bonchev–Trinajstić information content (AvgIpc) is 3.28. The average molecular weight is 414 g/mol. The number of hydrogen-bond acceptors (Lipinski definition) is 4. The van der Waals surface area contributed by atoms with Crippen molar-refractivity contribution in [3.05, 3.63) is 57.8 Å². The molecule has 0 aliphatic carbocycles. The van der Waals surface area contributed by atoms with Gasteiger partial charge in [-0.2, -0.15) is 0 Å². The summed E-state index contributed by atoms with van der Waals surface area (Å²) in [4.78, 5) is 38.6. The Labute approximate surface area is 175 Å². The maximum Gasteiger partial charge on any atom is 0.261 e. The van der Waals surface area contributed by atoms with Gasteiger partial charge < -0.3 is 15.5 Å². The molecular formula is C22H27N3O3S. The lowest BCUT2D eigenvalue weighted by molar-refractivity contribution is -0.132. The number of amides is 3. The van der Waals surface area contributed by atoms with Gasteiger partial charge in [0.25, 0.3) is 5.91 Å². The molecule has 0 saturated heterocycles. The summed E-state index contributed by atoms with van der Waals surface area (Å²) in [6, 6.07) is 11.9. The van der Waals surface area contributed by atoms with Crippen molar-refractivity contribution in [1.29, 1.82) is 0 Å². The third-order valence-corrected chi connectivity index (χ3v) is 5.85. The van der Waals surface area contributed by atoms with E-state index in [-0.39, 0.29) is 17.7 Å².